The molecule has 1 aliphatic carbocycles. The van der Waals surface area contributed by atoms with E-state index >= 15 is 0 Å². The van der Waals surface area contributed by atoms with Crippen LogP contribution in [0.3, 0.4) is 0 Å². The average Bonchev–Trinajstić information content (AvgIpc) is 2.90. The Labute approximate surface area is 123 Å². The number of aryl methyl sites for hydroxylation is 1. The van der Waals surface area contributed by atoms with Crippen molar-refractivity contribution in [2.45, 2.75) is 31.7 Å². The van der Waals surface area contributed by atoms with E-state index in [-0.39, 0.29) is 23.4 Å². The quantitative estimate of drug-likeness (QED) is 0.891. The molecule has 1 atom stereocenters. The lowest BCUT2D eigenvalue weighted by molar-refractivity contribution is -0.128. The van der Waals surface area contributed by atoms with E-state index in [0.717, 1.165) is 36.8 Å². The van der Waals surface area contributed by atoms with Crippen LogP contribution in [-0.4, -0.2) is 30.2 Å². The molecule has 1 amide bonds. The van der Waals surface area contributed by atoms with E-state index in [4.69, 9.17) is 9.84 Å². The minimum atomic E-state index is -0.931. The molecule has 1 unspecified atom stereocenters. The summed E-state index contributed by atoms with van der Waals surface area (Å²) < 4.78 is 5.27. The lowest BCUT2D eigenvalue weighted by atomic mass is 9.98. The van der Waals surface area contributed by atoms with E-state index in [9.17, 15) is 9.59 Å². The summed E-state index contributed by atoms with van der Waals surface area (Å²) in [6.07, 6.45) is 3.25. The number of aromatic carboxylic acids is 1. The van der Waals surface area contributed by atoms with Gasteiger partial charge < -0.3 is 15.2 Å². The molecule has 5 nitrogen and oxygen atoms in total. The van der Waals surface area contributed by atoms with Gasteiger partial charge in [0.1, 0.15) is 0 Å². The summed E-state index contributed by atoms with van der Waals surface area (Å²) in [6.45, 7) is 1.28. The third kappa shape index (κ3) is 2.93. The first-order valence-electron chi connectivity index (χ1n) is 7.39. The molecule has 0 aromatic heterocycles. The van der Waals surface area contributed by atoms with Gasteiger partial charge in [-0.05, 0) is 48.9 Å². The number of rotatable bonds is 3. The Kier molecular flexibility index (Phi) is 3.92. The number of nitrogens with one attached hydrogen (secondary N) is 1. The number of fused-ring (bicyclic) bond motifs is 1. The third-order valence-corrected chi connectivity index (χ3v) is 4.38. The number of carboxylic acids is 1. The van der Waals surface area contributed by atoms with E-state index in [1.807, 2.05) is 6.07 Å². The molecule has 112 valence electrons. The highest BCUT2D eigenvalue weighted by atomic mass is 16.5. The van der Waals surface area contributed by atoms with Crippen LogP contribution in [0.25, 0.3) is 0 Å². The summed E-state index contributed by atoms with van der Waals surface area (Å²) in [5, 5.41) is 12.2. The Morgan fingerprint density at radius 1 is 1.19 bits per heavy atom. The fourth-order valence-corrected chi connectivity index (χ4v) is 3.13. The molecule has 1 aliphatic heterocycles. The van der Waals surface area contributed by atoms with Crippen LogP contribution in [0.5, 0.6) is 0 Å². The molecule has 1 heterocycles. The van der Waals surface area contributed by atoms with Crippen molar-refractivity contribution in [2.75, 3.05) is 13.2 Å². The molecule has 5 heteroatoms. The number of carbonyl (C=O) groups is 2. The zero-order chi connectivity index (χ0) is 14.8. The summed E-state index contributed by atoms with van der Waals surface area (Å²) in [7, 11) is 0. The first-order valence-corrected chi connectivity index (χ1v) is 7.39. The van der Waals surface area contributed by atoms with E-state index in [0.29, 0.717) is 13.2 Å². The lowest BCUT2D eigenvalue weighted by Crippen LogP contribution is -2.36. The van der Waals surface area contributed by atoms with Crippen LogP contribution in [0.4, 0.5) is 0 Å². The summed E-state index contributed by atoms with van der Waals surface area (Å²) in [6, 6.07) is 5.12. The van der Waals surface area contributed by atoms with Gasteiger partial charge in [0.25, 0.3) is 0 Å². The Balaban J connectivity index is 1.72. The second-order valence-corrected chi connectivity index (χ2v) is 5.71. The number of carbonyl (C=O) groups excluding carboxylic acids is 1. The summed E-state index contributed by atoms with van der Waals surface area (Å²) >= 11 is 0. The van der Waals surface area contributed by atoms with Gasteiger partial charge in [-0.1, -0.05) is 6.07 Å². The first kappa shape index (κ1) is 14.1. The fourth-order valence-electron chi connectivity index (χ4n) is 3.13. The average molecular weight is 289 g/mol. The molecule has 1 saturated heterocycles. The van der Waals surface area contributed by atoms with Crippen LogP contribution >= 0.6 is 0 Å². The lowest BCUT2D eigenvalue weighted by Gasteiger charge is -2.23. The van der Waals surface area contributed by atoms with Gasteiger partial charge in [0.15, 0.2) is 0 Å². The summed E-state index contributed by atoms with van der Waals surface area (Å²) in [5.41, 5.74) is 2.37. The van der Waals surface area contributed by atoms with Crippen molar-refractivity contribution in [3.05, 3.63) is 34.9 Å². The van der Waals surface area contributed by atoms with Crippen LogP contribution in [-0.2, 0) is 16.0 Å². The molecule has 0 saturated carbocycles. The van der Waals surface area contributed by atoms with Crippen molar-refractivity contribution in [1.82, 2.24) is 5.32 Å². The van der Waals surface area contributed by atoms with Crippen LogP contribution in [0.2, 0.25) is 0 Å². The van der Waals surface area contributed by atoms with Gasteiger partial charge in [0, 0.05) is 19.1 Å². The molecular weight excluding hydrogens is 270 g/mol. The van der Waals surface area contributed by atoms with Gasteiger partial charge in [-0.15, -0.1) is 0 Å². The molecular formula is C16H19NO4. The van der Waals surface area contributed by atoms with Crippen LogP contribution in [0.1, 0.15) is 46.8 Å². The summed E-state index contributed by atoms with van der Waals surface area (Å²) in [5.74, 6) is -0.846. The zero-order valence-corrected chi connectivity index (χ0v) is 11.8. The van der Waals surface area contributed by atoms with Crippen molar-refractivity contribution >= 4 is 11.9 Å². The highest BCUT2D eigenvalue weighted by Gasteiger charge is 2.28. The second kappa shape index (κ2) is 5.85. The van der Waals surface area contributed by atoms with Crippen molar-refractivity contribution in [3.63, 3.8) is 0 Å². The monoisotopic (exact) mass is 289 g/mol. The molecule has 0 bridgehead atoms. The normalized spacial score (nSPS) is 21.8. The molecule has 0 radical (unpaired) electrons. The number of carboxylic acid groups (broad SMARTS) is 1. The fraction of sp³-hybridized carbons (Fsp3) is 0.500. The summed E-state index contributed by atoms with van der Waals surface area (Å²) in [4.78, 5) is 23.4. The number of ether oxygens (including phenoxy) is 1. The highest BCUT2D eigenvalue weighted by molar-refractivity contribution is 5.88. The molecule has 2 N–H and O–H groups in total. The maximum absolute atomic E-state index is 12.3. The standard InChI is InChI=1S/C16H19NO4/c18-15(11-5-7-21-8-6-11)17-14-4-3-10-1-2-12(16(19)20)9-13(10)14/h1-2,9,11,14H,3-8H2,(H,17,18)(H,19,20). The van der Waals surface area contributed by atoms with E-state index in [2.05, 4.69) is 5.32 Å². The van der Waals surface area contributed by atoms with Crippen molar-refractivity contribution < 1.29 is 19.4 Å². The van der Waals surface area contributed by atoms with Gasteiger partial charge in [0.05, 0.1) is 11.6 Å². The van der Waals surface area contributed by atoms with Gasteiger partial charge in [-0.2, -0.15) is 0 Å². The largest absolute Gasteiger partial charge is 0.478 e. The van der Waals surface area contributed by atoms with Gasteiger partial charge >= 0.3 is 5.97 Å². The van der Waals surface area contributed by atoms with E-state index in [1.54, 1.807) is 12.1 Å². The minimum absolute atomic E-state index is 0.0189. The first-order chi connectivity index (χ1) is 10.1. The topological polar surface area (TPSA) is 75.6 Å². The maximum Gasteiger partial charge on any atom is 0.335 e. The maximum atomic E-state index is 12.3. The number of hydrogen-bond acceptors (Lipinski definition) is 3. The van der Waals surface area contributed by atoms with Gasteiger partial charge in [-0.25, -0.2) is 4.79 Å². The Morgan fingerprint density at radius 2 is 1.95 bits per heavy atom. The van der Waals surface area contributed by atoms with Crippen molar-refractivity contribution in [3.8, 4) is 0 Å². The zero-order valence-electron chi connectivity index (χ0n) is 11.8. The molecule has 1 fully saturated rings. The predicted molar refractivity (Wildman–Crippen MR) is 76.1 cm³/mol. The Bertz CT molecular complexity index is 563. The molecule has 1 aromatic rings. The van der Waals surface area contributed by atoms with Gasteiger partial charge in [-0.3, -0.25) is 4.79 Å². The minimum Gasteiger partial charge on any atom is -0.478 e. The number of benzene rings is 1. The van der Waals surface area contributed by atoms with E-state index in [1.165, 1.54) is 0 Å². The van der Waals surface area contributed by atoms with Crippen molar-refractivity contribution in [1.29, 1.82) is 0 Å². The number of hydrogen-bond donors (Lipinski definition) is 2. The third-order valence-electron chi connectivity index (χ3n) is 4.38. The molecule has 2 aliphatic rings. The Hall–Kier alpha value is -1.88. The van der Waals surface area contributed by atoms with Crippen LogP contribution in [0.15, 0.2) is 18.2 Å². The van der Waals surface area contributed by atoms with Crippen LogP contribution in [0, 0.1) is 5.92 Å². The van der Waals surface area contributed by atoms with Crippen molar-refractivity contribution in [2.24, 2.45) is 5.92 Å². The Morgan fingerprint density at radius 3 is 2.67 bits per heavy atom. The SMILES string of the molecule is O=C(O)c1ccc2c(c1)C(NC(=O)C1CCOCC1)CC2. The van der Waals surface area contributed by atoms with Crippen LogP contribution < -0.4 is 5.32 Å². The van der Waals surface area contributed by atoms with E-state index < -0.39 is 5.97 Å². The molecule has 3 rings (SSSR count). The van der Waals surface area contributed by atoms with Gasteiger partial charge in [0.2, 0.25) is 5.91 Å². The number of amides is 1. The molecule has 21 heavy (non-hydrogen) atoms. The predicted octanol–water partition coefficient (Wildman–Crippen LogP) is 1.91. The highest BCUT2D eigenvalue weighted by Crippen LogP contribution is 2.32. The molecule has 0 spiro atoms. The smallest absolute Gasteiger partial charge is 0.335 e. The second-order valence-electron chi connectivity index (χ2n) is 5.71. The molecule has 1 aromatic carbocycles.